The van der Waals surface area contributed by atoms with Crippen LogP contribution < -0.4 is 5.32 Å². The molecule has 1 spiro atoms. The smallest absolute Gasteiger partial charge is 0.271 e. The van der Waals surface area contributed by atoms with Crippen molar-refractivity contribution in [2.24, 2.45) is 0 Å². The van der Waals surface area contributed by atoms with Crippen molar-refractivity contribution in [2.75, 3.05) is 53.1 Å². The molecule has 0 bridgehead atoms. The fourth-order valence-corrected chi connectivity index (χ4v) is 3.37. The number of carbonyl (C=O) groups excluding carboxylic acids is 1. The molecule has 8 heteroatoms. The summed E-state index contributed by atoms with van der Waals surface area (Å²) in [6, 6.07) is 0. The van der Waals surface area contributed by atoms with E-state index in [1.165, 1.54) is 12.4 Å². The minimum atomic E-state index is -0.286. The van der Waals surface area contributed by atoms with Crippen molar-refractivity contribution in [3.63, 3.8) is 0 Å². The van der Waals surface area contributed by atoms with Gasteiger partial charge in [-0.3, -0.25) is 14.7 Å². The Morgan fingerprint density at radius 2 is 2.44 bits per heavy atom. The van der Waals surface area contributed by atoms with Crippen LogP contribution >= 0.6 is 0 Å². The number of carbonyl (C=O) groups is 1. The normalized spacial score (nSPS) is 27.3. The van der Waals surface area contributed by atoms with Crippen LogP contribution in [0.1, 0.15) is 23.3 Å². The van der Waals surface area contributed by atoms with Crippen molar-refractivity contribution in [2.45, 2.75) is 24.5 Å². The Morgan fingerprint density at radius 3 is 3.24 bits per heavy atom. The van der Waals surface area contributed by atoms with Crippen LogP contribution in [0, 0.1) is 0 Å². The Morgan fingerprint density at radius 1 is 1.52 bits per heavy atom. The molecule has 0 radical (unpaired) electrons. The van der Waals surface area contributed by atoms with E-state index in [2.05, 4.69) is 20.2 Å². The van der Waals surface area contributed by atoms with Crippen LogP contribution in [-0.4, -0.2) is 85.6 Å². The predicted molar refractivity (Wildman–Crippen MR) is 90.3 cm³/mol. The first-order chi connectivity index (χ1) is 12.2. The standard InChI is InChI=1S/C17H26N4O4/c1-23-8-6-21-7-9-24-13-17(12-21)3-2-14(25-17)10-20-16(22)15-11-18-4-5-19-15/h4-5,11,14H,2-3,6-10,12-13H2,1H3,(H,20,22)/t14-,17-/m0/s1. The van der Waals surface area contributed by atoms with Gasteiger partial charge in [-0.05, 0) is 12.8 Å². The summed E-state index contributed by atoms with van der Waals surface area (Å²) in [5.41, 5.74) is 0.0328. The lowest BCUT2D eigenvalue weighted by Gasteiger charge is -2.31. The van der Waals surface area contributed by atoms with Gasteiger partial charge in [0.15, 0.2) is 0 Å². The highest BCUT2D eigenvalue weighted by molar-refractivity contribution is 5.91. The van der Waals surface area contributed by atoms with Crippen LogP contribution in [0.3, 0.4) is 0 Å². The molecule has 2 atom stereocenters. The first-order valence-electron chi connectivity index (χ1n) is 8.72. The summed E-state index contributed by atoms with van der Waals surface area (Å²) in [6.07, 6.45) is 6.34. The molecule has 2 saturated heterocycles. The molecule has 1 amide bonds. The molecule has 1 N–H and O–H groups in total. The van der Waals surface area contributed by atoms with Crippen LogP contribution in [0.15, 0.2) is 18.6 Å². The average Bonchev–Trinajstić information content (AvgIpc) is 2.93. The summed E-state index contributed by atoms with van der Waals surface area (Å²) in [6.45, 7) is 5.09. The number of hydrogen-bond donors (Lipinski definition) is 1. The first kappa shape index (κ1) is 18.2. The van der Waals surface area contributed by atoms with Crippen molar-refractivity contribution in [1.29, 1.82) is 0 Å². The Bertz CT molecular complexity index is 559. The summed E-state index contributed by atoms with van der Waals surface area (Å²) in [4.78, 5) is 22.3. The minimum absolute atomic E-state index is 0.00778. The van der Waals surface area contributed by atoms with Crippen molar-refractivity contribution >= 4 is 5.91 Å². The fraction of sp³-hybridized carbons (Fsp3) is 0.706. The highest BCUT2D eigenvalue weighted by Crippen LogP contribution is 2.32. The summed E-state index contributed by atoms with van der Waals surface area (Å²) in [5, 5.41) is 2.88. The molecule has 3 heterocycles. The van der Waals surface area contributed by atoms with Gasteiger partial charge in [-0.2, -0.15) is 0 Å². The molecule has 25 heavy (non-hydrogen) atoms. The molecule has 0 saturated carbocycles. The van der Waals surface area contributed by atoms with Crippen LogP contribution in [0.4, 0.5) is 0 Å². The second-order valence-corrected chi connectivity index (χ2v) is 6.58. The Balaban J connectivity index is 1.50. The van der Waals surface area contributed by atoms with Gasteiger partial charge in [0.25, 0.3) is 5.91 Å². The fourth-order valence-electron chi connectivity index (χ4n) is 3.37. The van der Waals surface area contributed by atoms with E-state index in [0.717, 1.165) is 32.5 Å². The zero-order valence-electron chi connectivity index (χ0n) is 14.6. The quantitative estimate of drug-likeness (QED) is 0.779. The lowest BCUT2D eigenvalue weighted by Crippen LogP contribution is -2.46. The van der Waals surface area contributed by atoms with E-state index in [4.69, 9.17) is 14.2 Å². The molecule has 0 aromatic carbocycles. The second kappa shape index (κ2) is 8.66. The van der Waals surface area contributed by atoms with E-state index in [0.29, 0.717) is 32.1 Å². The van der Waals surface area contributed by atoms with Crippen LogP contribution in [0.5, 0.6) is 0 Å². The van der Waals surface area contributed by atoms with Gasteiger partial charge in [0.05, 0.1) is 32.1 Å². The number of nitrogens with zero attached hydrogens (tertiary/aromatic N) is 3. The number of methoxy groups -OCH3 is 1. The number of nitrogens with one attached hydrogen (secondary N) is 1. The van der Waals surface area contributed by atoms with Crippen LogP contribution in [-0.2, 0) is 14.2 Å². The molecular formula is C17H26N4O4. The van der Waals surface area contributed by atoms with E-state index in [1.807, 2.05) is 0 Å². The van der Waals surface area contributed by atoms with E-state index in [-0.39, 0.29) is 17.6 Å². The number of aromatic nitrogens is 2. The third kappa shape index (κ3) is 4.94. The molecule has 2 fully saturated rings. The van der Waals surface area contributed by atoms with Gasteiger partial charge in [-0.15, -0.1) is 0 Å². The maximum absolute atomic E-state index is 12.1. The van der Waals surface area contributed by atoms with Crippen molar-refractivity contribution in [3.8, 4) is 0 Å². The monoisotopic (exact) mass is 350 g/mol. The molecule has 2 aliphatic rings. The van der Waals surface area contributed by atoms with E-state index < -0.39 is 0 Å². The third-order valence-corrected chi connectivity index (χ3v) is 4.67. The van der Waals surface area contributed by atoms with Crippen LogP contribution in [0.2, 0.25) is 0 Å². The van der Waals surface area contributed by atoms with Gasteiger partial charge in [-0.25, -0.2) is 4.98 Å². The number of amides is 1. The van der Waals surface area contributed by atoms with Gasteiger partial charge >= 0.3 is 0 Å². The molecule has 1 aromatic heterocycles. The minimum Gasteiger partial charge on any atom is -0.383 e. The summed E-state index contributed by atoms with van der Waals surface area (Å²) in [7, 11) is 1.71. The summed E-state index contributed by atoms with van der Waals surface area (Å²) >= 11 is 0. The molecule has 2 aliphatic heterocycles. The number of ether oxygens (including phenoxy) is 3. The molecule has 8 nitrogen and oxygen atoms in total. The zero-order valence-corrected chi connectivity index (χ0v) is 14.6. The van der Waals surface area contributed by atoms with Gasteiger partial charge in [0.1, 0.15) is 11.3 Å². The highest BCUT2D eigenvalue weighted by Gasteiger charge is 2.42. The van der Waals surface area contributed by atoms with Gasteiger partial charge in [-0.1, -0.05) is 0 Å². The molecular weight excluding hydrogens is 324 g/mol. The van der Waals surface area contributed by atoms with E-state index in [9.17, 15) is 4.79 Å². The highest BCUT2D eigenvalue weighted by atomic mass is 16.6. The van der Waals surface area contributed by atoms with E-state index in [1.54, 1.807) is 13.3 Å². The molecule has 0 unspecified atom stereocenters. The lowest BCUT2D eigenvalue weighted by atomic mass is 10.00. The SMILES string of the molecule is COCCN1CCOC[C@]2(CC[C@@H](CNC(=O)c3cnccn3)O2)C1. The van der Waals surface area contributed by atoms with Crippen molar-refractivity contribution < 1.29 is 19.0 Å². The second-order valence-electron chi connectivity index (χ2n) is 6.58. The van der Waals surface area contributed by atoms with Crippen molar-refractivity contribution in [1.82, 2.24) is 20.2 Å². The first-order valence-corrected chi connectivity index (χ1v) is 8.72. The topological polar surface area (TPSA) is 85.8 Å². The number of rotatable bonds is 6. The van der Waals surface area contributed by atoms with Gasteiger partial charge < -0.3 is 19.5 Å². The molecule has 1 aromatic rings. The summed E-state index contributed by atoms with van der Waals surface area (Å²) < 4.78 is 17.3. The lowest BCUT2D eigenvalue weighted by molar-refractivity contribution is -0.0851. The van der Waals surface area contributed by atoms with E-state index >= 15 is 0 Å². The van der Waals surface area contributed by atoms with Gasteiger partial charge in [0, 0.05) is 45.7 Å². The van der Waals surface area contributed by atoms with Gasteiger partial charge in [0.2, 0.25) is 0 Å². The molecule has 138 valence electrons. The molecule has 0 aliphatic carbocycles. The third-order valence-electron chi connectivity index (χ3n) is 4.67. The Kier molecular flexibility index (Phi) is 6.30. The Hall–Kier alpha value is -1.61. The maximum atomic E-state index is 12.1. The largest absolute Gasteiger partial charge is 0.383 e. The predicted octanol–water partition coefficient (Wildman–Crippen LogP) is 0.103. The average molecular weight is 350 g/mol. The number of hydrogen-bond acceptors (Lipinski definition) is 7. The summed E-state index contributed by atoms with van der Waals surface area (Å²) in [5.74, 6) is -0.225. The molecule has 3 rings (SSSR count). The zero-order chi connectivity index (χ0) is 17.5. The van der Waals surface area contributed by atoms with Crippen LogP contribution in [0.25, 0.3) is 0 Å². The van der Waals surface area contributed by atoms with Crippen molar-refractivity contribution in [3.05, 3.63) is 24.3 Å². The maximum Gasteiger partial charge on any atom is 0.271 e. The Labute approximate surface area is 147 Å².